The van der Waals surface area contributed by atoms with Crippen LogP contribution in [0.3, 0.4) is 0 Å². The number of aliphatic hydroxyl groups excluding tert-OH is 1. The van der Waals surface area contributed by atoms with E-state index in [-0.39, 0.29) is 17.8 Å². The molecular weight excluding hydrogens is 287 g/mol. The van der Waals surface area contributed by atoms with Crippen LogP contribution in [0.15, 0.2) is 22.7 Å². The van der Waals surface area contributed by atoms with Gasteiger partial charge in [-0.1, -0.05) is 22.0 Å². The highest BCUT2D eigenvalue weighted by Gasteiger charge is 2.30. The zero-order chi connectivity index (χ0) is 12.4. The molecule has 0 amide bonds. The molecule has 0 spiro atoms. The molecule has 1 aromatic rings. The van der Waals surface area contributed by atoms with Crippen LogP contribution in [0.1, 0.15) is 18.9 Å². The second kappa shape index (κ2) is 5.46. The van der Waals surface area contributed by atoms with Gasteiger partial charge in [-0.2, -0.15) is 0 Å². The van der Waals surface area contributed by atoms with E-state index in [1.165, 1.54) is 12.1 Å². The van der Waals surface area contributed by atoms with E-state index in [0.717, 1.165) is 12.0 Å². The van der Waals surface area contributed by atoms with Crippen molar-refractivity contribution in [2.45, 2.75) is 32.0 Å². The van der Waals surface area contributed by atoms with Gasteiger partial charge in [0.05, 0.1) is 12.2 Å². The first-order valence-electron chi connectivity index (χ1n) is 5.81. The first-order valence-corrected chi connectivity index (χ1v) is 6.61. The van der Waals surface area contributed by atoms with Crippen LogP contribution < -0.4 is 0 Å². The fourth-order valence-corrected chi connectivity index (χ4v) is 2.83. The van der Waals surface area contributed by atoms with E-state index in [1.54, 1.807) is 6.07 Å². The highest BCUT2D eigenvalue weighted by atomic mass is 79.9. The van der Waals surface area contributed by atoms with Gasteiger partial charge in [-0.15, -0.1) is 0 Å². The SMILES string of the molecule is CC1OCCC1C(O)Cc1ccc(F)cc1Br. The van der Waals surface area contributed by atoms with Crippen LogP contribution in [-0.4, -0.2) is 23.9 Å². The molecule has 0 aliphatic carbocycles. The number of rotatable bonds is 3. The number of benzene rings is 1. The van der Waals surface area contributed by atoms with Gasteiger partial charge in [0.2, 0.25) is 0 Å². The van der Waals surface area contributed by atoms with Crippen LogP contribution >= 0.6 is 15.9 Å². The summed E-state index contributed by atoms with van der Waals surface area (Å²) in [5.41, 5.74) is 0.929. The molecule has 0 bridgehead atoms. The van der Waals surface area contributed by atoms with E-state index in [0.29, 0.717) is 17.5 Å². The molecule has 2 rings (SSSR count). The summed E-state index contributed by atoms with van der Waals surface area (Å²) in [7, 11) is 0. The van der Waals surface area contributed by atoms with Gasteiger partial charge in [0, 0.05) is 17.0 Å². The molecule has 1 saturated heterocycles. The zero-order valence-electron chi connectivity index (χ0n) is 9.70. The van der Waals surface area contributed by atoms with Crippen LogP contribution in [0.25, 0.3) is 0 Å². The van der Waals surface area contributed by atoms with Crippen molar-refractivity contribution in [3.05, 3.63) is 34.1 Å². The van der Waals surface area contributed by atoms with E-state index < -0.39 is 6.10 Å². The Morgan fingerprint density at radius 3 is 2.94 bits per heavy atom. The molecule has 1 aliphatic rings. The van der Waals surface area contributed by atoms with Gasteiger partial charge in [-0.05, 0) is 37.5 Å². The van der Waals surface area contributed by atoms with Crippen molar-refractivity contribution in [3.8, 4) is 0 Å². The molecule has 3 atom stereocenters. The Balaban J connectivity index is 2.04. The average molecular weight is 303 g/mol. The maximum atomic E-state index is 12.9. The lowest BCUT2D eigenvalue weighted by Crippen LogP contribution is -2.28. The third-order valence-electron chi connectivity index (χ3n) is 3.37. The van der Waals surface area contributed by atoms with Crippen LogP contribution in [0.5, 0.6) is 0 Å². The van der Waals surface area contributed by atoms with Crippen molar-refractivity contribution in [2.75, 3.05) is 6.61 Å². The lowest BCUT2D eigenvalue weighted by molar-refractivity contribution is 0.0440. The van der Waals surface area contributed by atoms with Gasteiger partial charge in [0.15, 0.2) is 0 Å². The van der Waals surface area contributed by atoms with E-state index in [1.807, 2.05) is 6.92 Å². The molecule has 94 valence electrons. The molecule has 1 N–H and O–H groups in total. The van der Waals surface area contributed by atoms with Gasteiger partial charge in [-0.3, -0.25) is 0 Å². The van der Waals surface area contributed by atoms with Crippen LogP contribution in [0, 0.1) is 11.7 Å². The summed E-state index contributed by atoms with van der Waals surface area (Å²) in [5.74, 6) is -0.0976. The van der Waals surface area contributed by atoms with Gasteiger partial charge in [0.25, 0.3) is 0 Å². The van der Waals surface area contributed by atoms with Crippen molar-refractivity contribution >= 4 is 15.9 Å². The first-order chi connectivity index (χ1) is 8.08. The summed E-state index contributed by atoms with van der Waals surface area (Å²) in [6.45, 7) is 2.70. The molecule has 2 nitrogen and oxygen atoms in total. The molecule has 17 heavy (non-hydrogen) atoms. The van der Waals surface area contributed by atoms with Crippen molar-refractivity contribution in [3.63, 3.8) is 0 Å². The Kier molecular flexibility index (Phi) is 4.17. The molecule has 1 aromatic carbocycles. The molecule has 1 aliphatic heterocycles. The molecule has 4 heteroatoms. The quantitative estimate of drug-likeness (QED) is 0.930. The third kappa shape index (κ3) is 3.06. The minimum Gasteiger partial charge on any atom is -0.392 e. The Hall–Kier alpha value is -0.450. The summed E-state index contributed by atoms with van der Waals surface area (Å²) in [5, 5.41) is 10.2. The van der Waals surface area contributed by atoms with Gasteiger partial charge >= 0.3 is 0 Å². The average Bonchev–Trinajstić information content (AvgIpc) is 2.68. The number of ether oxygens (including phenoxy) is 1. The highest BCUT2D eigenvalue weighted by molar-refractivity contribution is 9.10. The van der Waals surface area contributed by atoms with E-state index in [9.17, 15) is 9.50 Å². The number of hydrogen-bond donors (Lipinski definition) is 1. The minimum atomic E-state index is -0.436. The fourth-order valence-electron chi connectivity index (χ4n) is 2.32. The van der Waals surface area contributed by atoms with Crippen molar-refractivity contribution < 1.29 is 14.2 Å². The smallest absolute Gasteiger partial charge is 0.124 e. The van der Waals surface area contributed by atoms with Gasteiger partial charge < -0.3 is 9.84 Å². The van der Waals surface area contributed by atoms with E-state index in [2.05, 4.69) is 15.9 Å². The van der Waals surface area contributed by atoms with Crippen LogP contribution in [0.2, 0.25) is 0 Å². The highest BCUT2D eigenvalue weighted by Crippen LogP contribution is 2.28. The van der Waals surface area contributed by atoms with E-state index in [4.69, 9.17) is 4.74 Å². The molecule has 1 heterocycles. The van der Waals surface area contributed by atoms with Gasteiger partial charge in [0.1, 0.15) is 5.82 Å². The van der Waals surface area contributed by atoms with Crippen molar-refractivity contribution in [2.24, 2.45) is 5.92 Å². The van der Waals surface area contributed by atoms with Crippen molar-refractivity contribution in [1.29, 1.82) is 0 Å². The molecule has 3 unspecified atom stereocenters. The Morgan fingerprint density at radius 2 is 2.35 bits per heavy atom. The van der Waals surface area contributed by atoms with E-state index >= 15 is 0 Å². The topological polar surface area (TPSA) is 29.5 Å². The maximum Gasteiger partial charge on any atom is 0.124 e. The molecule has 1 fully saturated rings. The van der Waals surface area contributed by atoms with Crippen LogP contribution in [0.4, 0.5) is 4.39 Å². The monoisotopic (exact) mass is 302 g/mol. The zero-order valence-corrected chi connectivity index (χ0v) is 11.3. The Bertz CT molecular complexity index is 397. The van der Waals surface area contributed by atoms with Crippen molar-refractivity contribution in [1.82, 2.24) is 0 Å². The molecular formula is C13H16BrFO2. The number of aliphatic hydroxyl groups is 1. The second-order valence-corrected chi connectivity index (χ2v) is 5.39. The summed E-state index contributed by atoms with van der Waals surface area (Å²) in [6, 6.07) is 4.56. The lowest BCUT2D eigenvalue weighted by Gasteiger charge is -2.21. The summed E-state index contributed by atoms with van der Waals surface area (Å²) in [4.78, 5) is 0. The summed E-state index contributed by atoms with van der Waals surface area (Å²) in [6.07, 6.45) is 1.08. The first kappa shape index (κ1) is 13.0. The lowest BCUT2D eigenvalue weighted by atomic mass is 9.91. The molecule has 0 radical (unpaired) electrons. The standard InChI is InChI=1S/C13H16BrFO2/c1-8-11(4-5-17-8)13(16)6-9-2-3-10(15)7-12(9)14/h2-3,7-8,11,13,16H,4-6H2,1H3. The molecule has 0 aromatic heterocycles. The number of hydrogen-bond acceptors (Lipinski definition) is 2. The minimum absolute atomic E-state index is 0.101. The van der Waals surface area contributed by atoms with Crippen LogP contribution in [-0.2, 0) is 11.2 Å². The maximum absolute atomic E-state index is 12.9. The van der Waals surface area contributed by atoms with Gasteiger partial charge in [-0.25, -0.2) is 4.39 Å². The summed E-state index contributed by atoms with van der Waals surface area (Å²) < 4.78 is 19.1. The predicted molar refractivity (Wildman–Crippen MR) is 67.3 cm³/mol. The predicted octanol–water partition coefficient (Wildman–Crippen LogP) is 2.92. The Morgan fingerprint density at radius 1 is 1.59 bits per heavy atom. The number of halogens is 2. The molecule has 0 saturated carbocycles. The third-order valence-corrected chi connectivity index (χ3v) is 4.11. The normalized spacial score (nSPS) is 26.1. The largest absolute Gasteiger partial charge is 0.392 e. The fraction of sp³-hybridized carbons (Fsp3) is 0.538. The second-order valence-electron chi connectivity index (χ2n) is 4.54. The Labute approximate surface area is 109 Å². The summed E-state index contributed by atoms with van der Waals surface area (Å²) >= 11 is 3.32.